The lowest BCUT2D eigenvalue weighted by atomic mass is 10.0. The van der Waals surface area contributed by atoms with E-state index in [-0.39, 0.29) is 24.3 Å². The van der Waals surface area contributed by atoms with Gasteiger partial charge in [0.2, 0.25) is 17.7 Å². The highest BCUT2D eigenvalue weighted by Gasteiger charge is 2.34. The fourth-order valence-electron chi connectivity index (χ4n) is 2.92. The van der Waals surface area contributed by atoms with Crippen LogP contribution in [0.15, 0.2) is 0 Å². The van der Waals surface area contributed by atoms with Crippen molar-refractivity contribution in [2.24, 2.45) is 11.7 Å². The Bertz CT molecular complexity index is 510. The summed E-state index contributed by atoms with van der Waals surface area (Å²) in [6.07, 6.45) is 1.51. The van der Waals surface area contributed by atoms with Crippen LogP contribution in [0.4, 0.5) is 0 Å². The smallest absolute Gasteiger partial charge is 0.248 e. The van der Waals surface area contributed by atoms with Crippen molar-refractivity contribution in [2.45, 2.75) is 64.8 Å². The van der Waals surface area contributed by atoms with Crippen LogP contribution in [-0.2, 0) is 28.6 Å². The number of likely N-dealkylation sites (N-methyl/N-ethyl adjacent to an activating group) is 2. The number of hydrogen-bond acceptors (Lipinski definition) is 6. The van der Waals surface area contributed by atoms with E-state index in [0.717, 1.165) is 0 Å². The highest BCUT2D eigenvalue weighted by atomic mass is 16.7. The first kappa shape index (κ1) is 27.3. The van der Waals surface area contributed by atoms with Gasteiger partial charge in [-0.1, -0.05) is 20.8 Å². The minimum atomic E-state index is -0.850. The predicted octanol–water partition coefficient (Wildman–Crippen LogP) is 0.998. The molecule has 0 spiro atoms. The van der Waals surface area contributed by atoms with Crippen LogP contribution in [0, 0.1) is 5.92 Å². The molecular formula is C20H39N3O6. The van der Waals surface area contributed by atoms with Crippen LogP contribution < -0.4 is 5.73 Å². The lowest BCUT2D eigenvalue weighted by Crippen LogP contribution is -2.55. The SMILES string of the molecule is CCCC(=O)N(C)[C@H](COCCC(OC)OC)C(=O)N(C)[C@@H](CC(C)C)C(N)=O. The molecule has 9 nitrogen and oxygen atoms in total. The van der Waals surface area contributed by atoms with Gasteiger partial charge in [0.25, 0.3) is 0 Å². The number of primary amides is 1. The number of amides is 3. The normalized spacial score (nSPS) is 13.4. The van der Waals surface area contributed by atoms with E-state index in [1.165, 1.54) is 31.1 Å². The molecule has 2 atom stereocenters. The maximum atomic E-state index is 13.2. The number of nitrogens with two attached hydrogens (primary N) is 1. The van der Waals surface area contributed by atoms with Crippen LogP contribution in [0.25, 0.3) is 0 Å². The zero-order chi connectivity index (χ0) is 22.6. The Balaban J connectivity index is 5.30. The second-order valence-corrected chi connectivity index (χ2v) is 7.53. The van der Waals surface area contributed by atoms with Crippen molar-refractivity contribution < 1.29 is 28.6 Å². The molecule has 0 aromatic heterocycles. The molecule has 0 heterocycles. The summed E-state index contributed by atoms with van der Waals surface area (Å²) < 4.78 is 15.9. The lowest BCUT2D eigenvalue weighted by Gasteiger charge is -2.34. The summed E-state index contributed by atoms with van der Waals surface area (Å²) in [4.78, 5) is 40.2. The lowest BCUT2D eigenvalue weighted by molar-refractivity contribution is -0.150. The van der Waals surface area contributed by atoms with Crippen LogP contribution in [0.3, 0.4) is 0 Å². The molecule has 0 fully saturated rings. The topological polar surface area (TPSA) is 111 Å². The van der Waals surface area contributed by atoms with E-state index in [1.807, 2.05) is 20.8 Å². The molecule has 0 aliphatic carbocycles. The second-order valence-electron chi connectivity index (χ2n) is 7.53. The van der Waals surface area contributed by atoms with Gasteiger partial charge in [0.15, 0.2) is 6.29 Å². The largest absolute Gasteiger partial charge is 0.379 e. The number of carbonyl (C=O) groups is 3. The fourth-order valence-corrected chi connectivity index (χ4v) is 2.92. The van der Waals surface area contributed by atoms with Gasteiger partial charge < -0.3 is 29.7 Å². The van der Waals surface area contributed by atoms with Crippen LogP contribution in [-0.4, -0.2) is 87.4 Å². The Hall–Kier alpha value is -1.71. The zero-order valence-electron chi connectivity index (χ0n) is 19.0. The van der Waals surface area contributed by atoms with Gasteiger partial charge in [-0.15, -0.1) is 0 Å². The van der Waals surface area contributed by atoms with Crippen molar-refractivity contribution >= 4 is 17.7 Å². The van der Waals surface area contributed by atoms with Crippen LogP contribution >= 0.6 is 0 Å². The Kier molecular flexibility index (Phi) is 13.5. The maximum absolute atomic E-state index is 13.2. The number of ether oxygens (including phenoxy) is 3. The van der Waals surface area contributed by atoms with E-state index in [1.54, 1.807) is 7.05 Å². The molecule has 2 N–H and O–H groups in total. The molecule has 170 valence electrons. The van der Waals surface area contributed by atoms with Gasteiger partial charge in [-0.25, -0.2) is 0 Å². The molecule has 29 heavy (non-hydrogen) atoms. The highest BCUT2D eigenvalue weighted by Crippen LogP contribution is 2.14. The van der Waals surface area contributed by atoms with Crippen LogP contribution in [0.5, 0.6) is 0 Å². The van der Waals surface area contributed by atoms with Crippen LogP contribution in [0.1, 0.15) is 46.5 Å². The molecular weight excluding hydrogens is 378 g/mol. The second kappa shape index (κ2) is 14.3. The molecule has 0 unspecified atom stereocenters. The molecule has 9 heteroatoms. The number of hydrogen-bond donors (Lipinski definition) is 1. The van der Waals surface area contributed by atoms with E-state index in [4.69, 9.17) is 19.9 Å². The quantitative estimate of drug-likeness (QED) is 0.314. The molecule has 0 saturated carbocycles. The first-order valence-electron chi connectivity index (χ1n) is 10.1. The van der Waals surface area contributed by atoms with Gasteiger partial charge in [-0.2, -0.15) is 0 Å². The minimum absolute atomic E-state index is 0.00242. The van der Waals surface area contributed by atoms with E-state index in [0.29, 0.717) is 32.3 Å². The first-order valence-corrected chi connectivity index (χ1v) is 10.1. The monoisotopic (exact) mass is 417 g/mol. The maximum Gasteiger partial charge on any atom is 0.248 e. The average molecular weight is 418 g/mol. The number of rotatable bonds is 15. The van der Waals surface area contributed by atoms with Gasteiger partial charge in [0.05, 0.1) is 13.2 Å². The van der Waals surface area contributed by atoms with Gasteiger partial charge in [0.1, 0.15) is 12.1 Å². The highest BCUT2D eigenvalue weighted by molar-refractivity contribution is 5.91. The van der Waals surface area contributed by atoms with Crippen molar-refractivity contribution in [3.8, 4) is 0 Å². The molecule has 0 aliphatic heterocycles. The van der Waals surface area contributed by atoms with Crippen molar-refractivity contribution in [1.29, 1.82) is 0 Å². The first-order chi connectivity index (χ1) is 13.6. The van der Waals surface area contributed by atoms with Crippen LogP contribution in [0.2, 0.25) is 0 Å². The third-order valence-electron chi connectivity index (χ3n) is 4.75. The van der Waals surface area contributed by atoms with E-state index in [2.05, 4.69) is 0 Å². The molecule has 0 radical (unpaired) electrons. The Morgan fingerprint density at radius 2 is 1.59 bits per heavy atom. The Labute approximate surface area is 174 Å². The summed E-state index contributed by atoms with van der Waals surface area (Å²) in [5.41, 5.74) is 5.52. The van der Waals surface area contributed by atoms with Gasteiger partial charge in [-0.3, -0.25) is 14.4 Å². The van der Waals surface area contributed by atoms with Gasteiger partial charge in [0, 0.05) is 41.2 Å². The molecule has 0 saturated heterocycles. The molecule has 0 bridgehead atoms. The Morgan fingerprint density at radius 3 is 2.03 bits per heavy atom. The molecule has 3 amide bonds. The summed E-state index contributed by atoms with van der Waals surface area (Å²) >= 11 is 0. The zero-order valence-corrected chi connectivity index (χ0v) is 19.0. The average Bonchev–Trinajstić information content (AvgIpc) is 2.67. The summed E-state index contributed by atoms with van der Waals surface area (Å²) in [5, 5.41) is 0. The van der Waals surface area contributed by atoms with Crippen molar-refractivity contribution in [1.82, 2.24) is 9.80 Å². The Morgan fingerprint density at radius 1 is 1.00 bits per heavy atom. The van der Waals surface area contributed by atoms with Gasteiger partial charge >= 0.3 is 0 Å². The summed E-state index contributed by atoms with van der Waals surface area (Å²) in [7, 11) is 6.18. The minimum Gasteiger partial charge on any atom is -0.379 e. The summed E-state index contributed by atoms with van der Waals surface area (Å²) in [6.45, 7) is 6.09. The molecule has 0 aliphatic rings. The number of nitrogens with zero attached hydrogens (tertiary/aromatic N) is 2. The standard InChI is InChI=1S/C20H39N3O6/c1-8-9-17(24)22(4)16(13-29-11-10-18(27-6)28-7)20(26)23(5)15(19(21)25)12-14(2)3/h14-16,18H,8-13H2,1-7H3,(H2,21,25)/t15-,16+/m0/s1. The van der Waals surface area contributed by atoms with Gasteiger partial charge in [-0.05, 0) is 18.8 Å². The van der Waals surface area contributed by atoms with E-state index < -0.39 is 24.3 Å². The third-order valence-corrected chi connectivity index (χ3v) is 4.75. The summed E-state index contributed by atoms with van der Waals surface area (Å²) in [6, 6.07) is -1.59. The third kappa shape index (κ3) is 9.56. The van der Waals surface area contributed by atoms with Crippen molar-refractivity contribution in [3.63, 3.8) is 0 Å². The van der Waals surface area contributed by atoms with Crippen molar-refractivity contribution in [3.05, 3.63) is 0 Å². The molecule has 0 rings (SSSR count). The van der Waals surface area contributed by atoms with E-state index >= 15 is 0 Å². The van der Waals surface area contributed by atoms with E-state index in [9.17, 15) is 14.4 Å². The fraction of sp³-hybridized carbons (Fsp3) is 0.850. The number of carbonyl (C=O) groups excluding carboxylic acids is 3. The summed E-state index contributed by atoms with van der Waals surface area (Å²) in [5.74, 6) is -0.929. The van der Waals surface area contributed by atoms with Crippen molar-refractivity contribution in [2.75, 3.05) is 41.5 Å². The number of methoxy groups -OCH3 is 2. The molecule has 0 aromatic rings. The molecule has 0 aromatic carbocycles. The predicted molar refractivity (Wildman–Crippen MR) is 110 cm³/mol.